The van der Waals surface area contributed by atoms with Crippen LogP contribution in [0.4, 0.5) is 4.79 Å². The molecule has 0 radical (unpaired) electrons. The van der Waals surface area contributed by atoms with Crippen molar-refractivity contribution in [2.75, 3.05) is 13.1 Å². The van der Waals surface area contributed by atoms with Crippen LogP contribution in [-0.4, -0.2) is 29.2 Å². The van der Waals surface area contributed by atoms with E-state index in [2.05, 4.69) is 20.8 Å². The van der Waals surface area contributed by atoms with Crippen molar-refractivity contribution in [3.05, 3.63) is 59.2 Å². The molecule has 4 nitrogen and oxygen atoms in total. The Kier molecular flexibility index (Phi) is 7.30. The highest BCUT2D eigenvalue weighted by Gasteiger charge is 2.23. The van der Waals surface area contributed by atoms with Crippen molar-refractivity contribution in [2.24, 2.45) is 0 Å². The van der Waals surface area contributed by atoms with Gasteiger partial charge in [-0.3, -0.25) is 4.79 Å². The summed E-state index contributed by atoms with van der Waals surface area (Å²) in [5.41, 5.74) is 2.33. The van der Waals surface area contributed by atoms with Crippen LogP contribution in [-0.2, 0) is 5.41 Å². The van der Waals surface area contributed by atoms with Crippen molar-refractivity contribution in [3.8, 4) is 5.75 Å². The minimum Gasteiger partial charge on any atom is -0.421 e. The summed E-state index contributed by atoms with van der Waals surface area (Å²) in [5, 5.41) is -0.0486. The molecule has 150 valence electrons. The predicted octanol–water partition coefficient (Wildman–Crippen LogP) is 6.07. The van der Waals surface area contributed by atoms with E-state index in [1.54, 1.807) is 29.2 Å². The van der Waals surface area contributed by atoms with Crippen LogP contribution >= 0.6 is 11.8 Å². The summed E-state index contributed by atoms with van der Waals surface area (Å²) in [5.74, 6) is 0.0247. The largest absolute Gasteiger partial charge is 0.421 e. The lowest BCUT2D eigenvalue weighted by Crippen LogP contribution is -2.26. The van der Waals surface area contributed by atoms with Crippen LogP contribution in [0.3, 0.4) is 0 Å². The molecule has 5 heteroatoms. The normalized spacial score (nSPS) is 11.2. The van der Waals surface area contributed by atoms with Crippen LogP contribution in [0.15, 0.2) is 47.4 Å². The number of carbonyl (C=O) groups is 2. The minimum atomic E-state index is -0.427. The van der Waals surface area contributed by atoms with Gasteiger partial charge in [-0.05, 0) is 67.3 Å². The number of carbonyl (C=O) groups excluding carboxylic acids is 2. The molecular weight excluding hydrogens is 370 g/mol. The molecule has 2 aromatic carbocycles. The molecule has 0 aliphatic carbocycles. The van der Waals surface area contributed by atoms with E-state index in [9.17, 15) is 9.59 Å². The fourth-order valence-corrected chi connectivity index (χ4v) is 3.80. The molecule has 28 heavy (non-hydrogen) atoms. The lowest BCUT2D eigenvalue weighted by molar-refractivity contribution is 0.0729. The van der Waals surface area contributed by atoms with E-state index >= 15 is 0 Å². The van der Waals surface area contributed by atoms with E-state index in [0.717, 1.165) is 22.9 Å². The second-order valence-electron chi connectivity index (χ2n) is 7.67. The highest BCUT2D eigenvalue weighted by atomic mass is 32.2. The zero-order valence-electron chi connectivity index (χ0n) is 17.5. The molecule has 0 fully saturated rings. The van der Waals surface area contributed by atoms with Gasteiger partial charge in [-0.25, -0.2) is 4.79 Å². The molecule has 0 atom stereocenters. The van der Waals surface area contributed by atoms with Gasteiger partial charge in [0.1, 0.15) is 5.75 Å². The number of esters is 1. The number of nitrogens with zero attached hydrogens (tertiary/aromatic N) is 1. The lowest BCUT2D eigenvalue weighted by atomic mass is 9.86. The Bertz CT molecular complexity index is 837. The maximum atomic E-state index is 12.7. The van der Waals surface area contributed by atoms with Crippen LogP contribution in [0.2, 0.25) is 0 Å². The van der Waals surface area contributed by atoms with Gasteiger partial charge in [0, 0.05) is 13.1 Å². The van der Waals surface area contributed by atoms with Crippen molar-refractivity contribution in [3.63, 3.8) is 0 Å². The van der Waals surface area contributed by atoms with E-state index in [-0.39, 0.29) is 10.7 Å². The zero-order chi connectivity index (χ0) is 20.9. The minimum absolute atomic E-state index is 0.0486. The number of aryl methyl sites for hydroxylation is 1. The summed E-state index contributed by atoms with van der Waals surface area (Å²) in [7, 11) is 0. The number of hydrogen-bond acceptors (Lipinski definition) is 4. The standard InChI is InChI=1S/C23H29NO3S/c1-7-24(8-2)22(26)28-19-15-18(23(4,5)6)14-16(3)20(19)27-21(25)17-12-10-9-11-13-17/h9-15H,7-8H2,1-6H3. The summed E-state index contributed by atoms with van der Waals surface area (Å²) in [6.45, 7) is 13.5. The van der Waals surface area contributed by atoms with Gasteiger partial charge in [-0.15, -0.1) is 0 Å². The fourth-order valence-electron chi connectivity index (χ4n) is 2.75. The third kappa shape index (κ3) is 5.38. The van der Waals surface area contributed by atoms with Gasteiger partial charge in [0.2, 0.25) is 0 Å². The number of hydrogen-bond donors (Lipinski definition) is 0. The molecule has 0 saturated heterocycles. The molecule has 0 saturated carbocycles. The van der Waals surface area contributed by atoms with Gasteiger partial charge in [-0.1, -0.05) is 45.0 Å². The first kappa shape index (κ1) is 22.0. The topological polar surface area (TPSA) is 46.6 Å². The number of rotatable bonds is 5. The molecule has 2 rings (SSSR count). The van der Waals surface area contributed by atoms with Gasteiger partial charge in [0.25, 0.3) is 5.24 Å². The van der Waals surface area contributed by atoms with Gasteiger partial charge in [-0.2, -0.15) is 0 Å². The first-order valence-corrected chi connectivity index (χ1v) is 10.4. The molecule has 0 unspecified atom stereocenters. The lowest BCUT2D eigenvalue weighted by Gasteiger charge is -2.24. The van der Waals surface area contributed by atoms with Crippen LogP contribution in [0, 0.1) is 6.92 Å². The predicted molar refractivity (Wildman–Crippen MR) is 115 cm³/mol. The quantitative estimate of drug-likeness (QED) is 0.348. The van der Waals surface area contributed by atoms with Gasteiger partial charge < -0.3 is 9.64 Å². The Balaban J connectivity index is 2.45. The third-order valence-electron chi connectivity index (χ3n) is 4.53. The van der Waals surface area contributed by atoms with Crippen molar-refractivity contribution in [2.45, 2.75) is 51.9 Å². The summed E-state index contributed by atoms with van der Waals surface area (Å²) in [6, 6.07) is 12.9. The van der Waals surface area contributed by atoms with Crippen molar-refractivity contribution in [1.82, 2.24) is 4.90 Å². The maximum Gasteiger partial charge on any atom is 0.343 e. The number of thioether (sulfide) groups is 1. The van der Waals surface area contributed by atoms with E-state index in [1.165, 1.54) is 0 Å². The summed E-state index contributed by atoms with van der Waals surface area (Å²) in [6.07, 6.45) is 0. The molecule has 0 aliphatic heterocycles. The van der Waals surface area contributed by atoms with E-state index in [1.807, 2.05) is 39.0 Å². The summed E-state index contributed by atoms with van der Waals surface area (Å²) < 4.78 is 5.75. The molecular formula is C23H29NO3S. The van der Waals surface area contributed by atoms with E-state index in [0.29, 0.717) is 29.3 Å². The second kappa shape index (κ2) is 9.28. The fraction of sp³-hybridized carbons (Fsp3) is 0.391. The Morgan fingerprint density at radius 2 is 1.64 bits per heavy atom. The van der Waals surface area contributed by atoms with Crippen molar-refractivity contribution >= 4 is 23.0 Å². The Hall–Kier alpha value is -2.27. The molecule has 2 aromatic rings. The molecule has 0 N–H and O–H groups in total. The number of amides is 1. The molecule has 1 amide bonds. The van der Waals surface area contributed by atoms with Gasteiger partial charge >= 0.3 is 5.97 Å². The Labute approximate surface area is 172 Å². The van der Waals surface area contributed by atoms with Crippen molar-refractivity contribution in [1.29, 1.82) is 0 Å². The van der Waals surface area contributed by atoms with Crippen LogP contribution < -0.4 is 4.74 Å². The zero-order valence-corrected chi connectivity index (χ0v) is 18.4. The highest BCUT2D eigenvalue weighted by molar-refractivity contribution is 8.13. The summed E-state index contributed by atoms with van der Waals surface area (Å²) >= 11 is 1.12. The first-order valence-electron chi connectivity index (χ1n) is 9.56. The summed E-state index contributed by atoms with van der Waals surface area (Å²) in [4.78, 5) is 27.7. The highest BCUT2D eigenvalue weighted by Crippen LogP contribution is 2.38. The van der Waals surface area contributed by atoms with E-state index in [4.69, 9.17) is 4.74 Å². The third-order valence-corrected chi connectivity index (χ3v) is 5.49. The average Bonchev–Trinajstić information content (AvgIpc) is 2.65. The van der Waals surface area contributed by atoms with Crippen LogP contribution in [0.25, 0.3) is 0 Å². The monoisotopic (exact) mass is 399 g/mol. The molecule has 0 heterocycles. The van der Waals surface area contributed by atoms with Gasteiger partial charge in [0.15, 0.2) is 0 Å². The Morgan fingerprint density at radius 1 is 1.04 bits per heavy atom. The number of benzene rings is 2. The number of ether oxygens (including phenoxy) is 1. The molecule has 0 aromatic heterocycles. The average molecular weight is 400 g/mol. The van der Waals surface area contributed by atoms with Crippen molar-refractivity contribution < 1.29 is 14.3 Å². The van der Waals surface area contributed by atoms with Crippen LogP contribution in [0.1, 0.15) is 56.1 Å². The van der Waals surface area contributed by atoms with Crippen LogP contribution in [0.5, 0.6) is 5.75 Å². The molecule has 0 aliphatic rings. The van der Waals surface area contributed by atoms with E-state index < -0.39 is 5.97 Å². The Morgan fingerprint density at radius 3 is 2.18 bits per heavy atom. The van der Waals surface area contributed by atoms with Gasteiger partial charge in [0.05, 0.1) is 10.5 Å². The second-order valence-corrected chi connectivity index (χ2v) is 8.66. The molecule has 0 spiro atoms. The molecule has 0 bridgehead atoms. The smallest absolute Gasteiger partial charge is 0.343 e. The SMILES string of the molecule is CCN(CC)C(=O)Sc1cc(C(C)(C)C)cc(C)c1OC(=O)c1ccccc1. The first-order chi connectivity index (χ1) is 13.2. The maximum absolute atomic E-state index is 12.7.